The van der Waals surface area contributed by atoms with Crippen molar-refractivity contribution in [3.8, 4) is 11.4 Å². The van der Waals surface area contributed by atoms with Crippen LogP contribution in [0.15, 0.2) is 83.0 Å². The molecule has 1 aromatic heterocycles. The van der Waals surface area contributed by atoms with Gasteiger partial charge in [-0.25, -0.2) is 24.2 Å². The van der Waals surface area contributed by atoms with E-state index < -0.39 is 5.79 Å². The van der Waals surface area contributed by atoms with E-state index in [9.17, 15) is 4.79 Å². The molecule has 14 heteroatoms. The number of hydrazone groups is 1. The van der Waals surface area contributed by atoms with E-state index in [0.717, 1.165) is 61.0 Å². The second-order valence-corrected chi connectivity index (χ2v) is 13.8. The molecular weight excluding hydrogens is 679 g/mol. The van der Waals surface area contributed by atoms with Crippen LogP contribution in [0.4, 0.5) is 11.4 Å². The minimum atomic E-state index is -1.11. The van der Waals surface area contributed by atoms with Crippen molar-refractivity contribution in [2.24, 2.45) is 5.10 Å². The zero-order chi connectivity index (χ0) is 34.8. The first-order valence-electron chi connectivity index (χ1n) is 17.0. The highest BCUT2D eigenvalue weighted by atomic mass is 35.5. The van der Waals surface area contributed by atoms with E-state index in [2.05, 4.69) is 44.3 Å². The van der Waals surface area contributed by atoms with Crippen LogP contribution in [0.3, 0.4) is 0 Å². The maximum atomic E-state index is 12.8. The lowest BCUT2D eigenvalue weighted by Gasteiger charge is -2.37. The van der Waals surface area contributed by atoms with Crippen LogP contribution in [0.1, 0.15) is 31.9 Å². The van der Waals surface area contributed by atoms with Gasteiger partial charge in [0.1, 0.15) is 31.3 Å². The quantitative estimate of drug-likeness (QED) is 0.201. The van der Waals surface area contributed by atoms with Crippen molar-refractivity contribution >= 4 is 40.8 Å². The van der Waals surface area contributed by atoms with Crippen molar-refractivity contribution in [2.75, 3.05) is 69.3 Å². The highest BCUT2D eigenvalue weighted by Crippen LogP contribution is 2.38. The molecule has 4 aromatic rings. The molecule has 0 N–H and O–H groups in total. The number of aromatic nitrogens is 3. The lowest BCUT2D eigenvalue weighted by Crippen LogP contribution is -2.46. The van der Waals surface area contributed by atoms with Crippen LogP contribution in [0, 0.1) is 0 Å². The summed E-state index contributed by atoms with van der Waals surface area (Å²) in [6.45, 7) is 9.32. The van der Waals surface area contributed by atoms with Crippen molar-refractivity contribution < 1.29 is 14.2 Å². The predicted molar refractivity (Wildman–Crippen MR) is 196 cm³/mol. The standard InChI is InChI=1S/C36H42Cl2N8O4/c1-4-26(2)46-35(47)44(25-40-46)32-7-5-30(6-8-32)42-15-17-43(18-16-42)31-9-11-33(12-10-31)48-22-34-23-49-36(50-34,24-45-39-13-14-41(45)3)27-19-28(37)21-29(38)20-27/h5-13,19-21,25-26,34H,4,14-18,22-24H2,1-3H3/t26?,34-,36-/m1/s1. The number of piperazine rings is 1. The summed E-state index contributed by atoms with van der Waals surface area (Å²) in [5.74, 6) is -0.347. The van der Waals surface area contributed by atoms with Gasteiger partial charge >= 0.3 is 5.69 Å². The van der Waals surface area contributed by atoms with Gasteiger partial charge < -0.3 is 24.0 Å². The third-order valence-electron chi connectivity index (χ3n) is 9.58. The molecular formula is C36H42Cl2N8O4. The molecule has 0 radical (unpaired) electrons. The van der Waals surface area contributed by atoms with Gasteiger partial charge in [0.15, 0.2) is 0 Å². The Kier molecular flexibility index (Phi) is 10.1. The Morgan fingerprint density at radius 3 is 2.16 bits per heavy atom. The highest BCUT2D eigenvalue weighted by Gasteiger charge is 2.46. The largest absolute Gasteiger partial charge is 0.491 e. The molecule has 2 saturated heterocycles. The molecule has 0 spiro atoms. The van der Waals surface area contributed by atoms with Crippen LogP contribution in [0.25, 0.3) is 5.69 Å². The molecule has 0 saturated carbocycles. The third kappa shape index (κ3) is 7.22. The average Bonchev–Trinajstić information content (AvgIpc) is 3.85. The van der Waals surface area contributed by atoms with Gasteiger partial charge in [-0.05, 0) is 80.1 Å². The molecule has 7 rings (SSSR count). The number of ether oxygens (including phenoxy) is 3. The Hall–Kier alpha value is -4.07. The van der Waals surface area contributed by atoms with Crippen molar-refractivity contribution in [1.29, 1.82) is 0 Å². The first-order valence-corrected chi connectivity index (χ1v) is 17.8. The first kappa shape index (κ1) is 34.4. The van der Waals surface area contributed by atoms with Crippen molar-refractivity contribution in [3.05, 3.63) is 99.2 Å². The van der Waals surface area contributed by atoms with E-state index in [1.54, 1.807) is 21.6 Å². The van der Waals surface area contributed by atoms with Gasteiger partial charge in [0.05, 0.1) is 24.9 Å². The average molecular weight is 722 g/mol. The maximum absolute atomic E-state index is 12.8. The van der Waals surface area contributed by atoms with E-state index in [4.69, 9.17) is 37.4 Å². The van der Waals surface area contributed by atoms with Crippen LogP contribution < -0.4 is 20.2 Å². The van der Waals surface area contributed by atoms with Gasteiger partial charge in [-0.15, -0.1) is 0 Å². The molecule has 12 nitrogen and oxygen atoms in total. The summed E-state index contributed by atoms with van der Waals surface area (Å²) in [6, 6.07) is 21.7. The van der Waals surface area contributed by atoms with Gasteiger partial charge in [-0.1, -0.05) is 30.1 Å². The van der Waals surface area contributed by atoms with Crippen molar-refractivity contribution in [3.63, 3.8) is 0 Å². The molecule has 4 heterocycles. The fraction of sp³-hybridized carbons (Fsp3) is 0.417. The molecule has 1 unspecified atom stereocenters. The number of hydrogen-bond donors (Lipinski definition) is 0. The molecule has 3 atom stereocenters. The van der Waals surface area contributed by atoms with Crippen molar-refractivity contribution in [2.45, 2.75) is 38.2 Å². The summed E-state index contributed by atoms with van der Waals surface area (Å²) in [5, 5.41) is 13.6. The summed E-state index contributed by atoms with van der Waals surface area (Å²) >= 11 is 12.7. The van der Waals surface area contributed by atoms with E-state index >= 15 is 0 Å². The molecule has 3 aliphatic heterocycles. The predicted octanol–water partition coefficient (Wildman–Crippen LogP) is 5.43. The monoisotopic (exact) mass is 720 g/mol. The van der Waals surface area contributed by atoms with E-state index in [1.165, 1.54) is 0 Å². The summed E-state index contributed by atoms with van der Waals surface area (Å²) < 4.78 is 22.2. The maximum Gasteiger partial charge on any atom is 0.350 e. The molecule has 3 aromatic carbocycles. The molecule has 50 heavy (non-hydrogen) atoms. The number of anilines is 2. The molecule has 0 bridgehead atoms. The summed E-state index contributed by atoms with van der Waals surface area (Å²) in [5.41, 5.74) is 3.72. The van der Waals surface area contributed by atoms with Gasteiger partial charge in [-0.3, -0.25) is 0 Å². The molecule has 0 amide bonds. The number of benzene rings is 3. The van der Waals surface area contributed by atoms with Gasteiger partial charge in [-0.2, -0.15) is 10.2 Å². The normalized spacial score (nSPS) is 21.7. The van der Waals surface area contributed by atoms with Crippen LogP contribution in [-0.4, -0.2) is 96.3 Å². The SMILES string of the molecule is CCC(C)n1ncn(-c2ccc(N3CCN(c4ccc(OC[C@@H]5CO[C@@](CN6N=CCN6C)(c6cc(Cl)cc(Cl)c6)O5)cc4)CC3)cc2)c1=O. The molecule has 264 valence electrons. The smallest absolute Gasteiger partial charge is 0.350 e. The van der Waals surface area contributed by atoms with Crippen LogP contribution >= 0.6 is 23.2 Å². The number of halogens is 2. The zero-order valence-corrected chi connectivity index (χ0v) is 30.0. The van der Waals surface area contributed by atoms with E-state index in [1.807, 2.05) is 73.6 Å². The first-order chi connectivity index (χ1) is 24.2. The van der Waals surface area contributed by atoms with Crippen molar-refractivity contribution in [1.82, 2.24) is 24.5 Å². The minimum Gasteiger partial charge on any atom is -0.491 e. The number of rotatable bonds is 11. The summed E-state index contributed by atoms with van der Waals surface area (Å²) in [7, 11) is 1.96. The Labute approximate surface area is 301 Å². The molecule has 0 aliphatic carbocycles. The topological polar surface area (TPSA) is 92.8 Å². The van der Waals surface area contributed by atoms with E-state index in [0.29, 0.717) is 36.3 Å². The zero-order valence-electron chi connectivity index (χ0n) is 28.5. The van der Waals surface area contributed by atoms with Gasteiger partial charge in [0, 0.05) is 66.4 Å². The minimum absolute atomic E-state index is 0.0658. The lowest BCUT2D eigenvalue weighted by atomic mass is 10.1. The Balaban J connectivity index is 0.925. The fourth-order valence-corrected chi connectivity index (χ4v) is 7.01. The third-order valence-corrected chi connectivity index (χ3v) is 10.0. The summed E-state index contributed by atoms with van der Waals surface area (Å²) in [6.07, 6.45) is 3.98. The number of nitrogens with zero attached hydrogens (tertiary/aromatic N) is 8. The molecule has 3 aliphatic rings. The van der Waals surface area contributed by atoms with E-state index in [-0.39, 0.29) is 17.8 Å². The van der Waals surface area contributed by atoms with Crippen LogP contribution in [-0.2, 0) is 15.3 Å². The Morgan fingerprint density at radius 2 is 1.56 bits per heavy atom. The highest BCUT2D eigenvalue weighted by molar-refractivity contribution is 6.34. The Morgan fingerprint density at radius 1 is 0.940 bits per heavy atom. The lowest BCUT2D eigenvalue weighted by molar-refractivity contribution is -0.209. The number of hydrazine groups is 1. The fourth-order valence-electron chi connectivity index (χ4n) is 6.48. The summed E-state index contributed by atoms with van der Waals surface area (Å²) in [4.78, 5) is 17.6. The van der Waals surface area contributed by atoms with Crippen LogP contribution in [0.5, 0.6) is 5.75 Å². The Bertz CT molecular complexity index is 1840. The second kappa shape index (κ2) is 14.7. The van der Waals surface area contributed by atoms with Crippen LogP contribution in [0.2, 0.25) is 10.0 Å². The molecule has 2 fully saturated rings. The second-order valence-electron chi connectivity index (χ2n) is 12.9. The van der Waals surface area contributed by atoms with Gasteiger partial charge in [0.2, 0.25) is 5.79 Å². The van der Waals surface area contributed by atoms with Gasteiger partial charge in [0.25, 0.3) is 0 Å². The number of hydrogen-bond acceptors (Lipinski definition) is 10.